The molecule has 0 atom stereocenters. The third-order valence-electron chi connectivity index (χ3n) is 3.90. The number of H-pyrrole nitrogens is 1. The van der Waals surface area contributed by atoms with Crippen LogP contribution in [0.25, 0.3) is 16.7 Å². The lowest BCUT2D eigenvalue weighted by molar-refractivity contribution is 0.629. The molecule has 1 aromatic carbocycles. The summed E-state index contributed by atoms with van der Waals surface area (Å²) in [6.45, 7) is 0.366. The van der Waals surface area contributed by atoms with Crippen molar-refractivity contribution in [2.45, 2.75) is 13.0 Å². The predicted molar refractivity (Wildman–Crippen MR) is 90.0 cm³/mol. The van der Waals surface area contributed by atoms with Gasteiger partial charge in [-0.3, -0.25) is 18.7 Å². The van der Waals surface area contributed by atoms with Gasteiger partial charge >= 0.3 is 0 Å². The SMILES string of the molecule is O=c1c2cccc(F)c2n2c(=S)[nH]nc2n1CCc1ccccn1. The summed E-state index contributed by atoms with van der Waals surface area (Å²) in [5.41, 5.74) is 0.697. The molecule has 3 heterocycles. The molecular formula is C16H12FN5OS. The summed E-state index contributed by atoms with van der Waals surface area (Å²) in [4.78, 5) is 17.1. The van der Waals surface area contributed by atoms with E-state index in [4.69, 9.17) is 12.2 Å². The van der Waals surface area contributed by atoms with Crippen LogP contribution in [0, 0.1) is 10.6 Å². The van der Waals surface area contributed by atoms with Gasteiger partial charge in [-0.05, 0) is 36.5 Å². The van der Waals surface area contributed by atoms with Gasteiger partial charge in [0.25, 0.3) is 5.56 Å². The van der Waals surface area contributed by atoms with Gasteiger partial charge in [-0.25, -0.2) is 9.49 Å². The Bertz CT molecular complexity index is 1160. The molecule has 1 N–H and O–H groups in total. The minimum Gasteiger partial charge on any atom is -0.276 e. The zero-order valence-corrected chi connectivity index (χ0v) is 13.3. The lowest BCUT2D eigenvalue weighted by atomic mass is 10.2. The van der Waals surface area contributed by atoms with Crippen molar-refractivity contribution < 1.29 is 4.39 Å². The summed E-state index contributed by atoms with van der Waals surface area (Å²) >= 11 is 5.21. The summed E-state index contributed by atoms with van der Waals surface area (Å²) in [5.74, 6) is -0.220. The molecule has 0 spiro atoms. The monoisotopic (exact) mass is 341 g/mol. The van der Waals surface area contributed by atoms with Crippen LogP contribution in [0.4, 0.5) is 4.39 Å². The van der Waals surface area contributed by atoms with Crippen molar-refractivity contribution in [3.8, 4) is 0 Å². The highest BCUT2D eigenvalue weighted by atomic mass is 32.1. The van der Waals surface area contributed by atoms with Crippen LogP contribution in [-0.4, -0.2) is 24.1 Å². The van der Waals surface area contributed by atoms with Crippen molar-refractivity contribution in [1.29, 1.82) is 0 Å². The Kier molecular flexibility index (Phi) is 3.46. The van der Waals surface area contributed by atoms with Gasteiger partial charge in [0.05, 0.1) is 10.9 Å². The van der Waals surface area contributed by atoms with Crippen molar-refractivity contribution in [3.63, 3.8) is 0 Å². The topological polar surface area (TPSA) is 68.0 Å². The number of aromatic nitrogens is 5. The van der Waals surface area contributed by atoms with E-state index in [0.717, 1.165) is 5.69 Å². The number of aromatic amines is 1. The molecule has 24 heavy (non-hydrogen) atoms. The summed E-state index contributed by atoms with van der Waals surface area (Å²) < 4.78 is 17.5. The molecule has 0 unspecified atom stereocenters. The Labute approximate surface area is 140 Å². The summed E-state index contributed by atoms with van der Waals surface area (Å²) in [6, 6.07) is 10.0. The first-order valence-electron chi connectivity index (χ1n) is 7.35. The predicted octanol–water partition coefficient (Wildman–Crippen LogP) is 2.48. The Morgan fingerprint density at radius 1 is 1.21 bits per heavy atom. The number of hydrogen-bond donors (Lipinski definition) is 1. The third-order valence-corrected chi connectivity index (χ3v) is 4.17. The van der Waals surface area contributed by atoms with E-state index in [0.29, 0.717) is 18.7 Å². The van der Waals surface area contributed by atoms with E-state index in [1.807, 2.05) is 18.2 Å². The molecule has 0 bridgehead atoms. The van der Waals surface area contributed by atoms with E-state index in [9.17, 15) is 9.18 Å². The largest absolute Gasteiger partial charge is 0.276 e. The van der Waals surface area contributed by atoms with E-state index in [2.05, 4.69) is 15.2 Å². The minimum absolute atomic E-state index is 0.144. The molecule has 3 aromatic heterocycles. The first-order valence-corrected chi connectivity index (χ1v) is 7.76. The van der Waals surface area contributed by atoms with Gasteiger partial charge in [-0.15, -0.1) is 5.10 Å². The Balaban J connectivity index is 1.96. The second kappa shape index (κ2) is 5.64. The van der Waals surface area contributed by atoms with E-state index >= 15 is 0 Å². The molecule has 0 fully saturated rings. The second-order valence-corrected chi connectivity index (χ2v) is 5.71. The maximum Gasteiger partial charge on any atom is 0.262 e. The van der Waals surface area contributed by atoms with Crippen molar-refractivity contribution in [2.75, 3.05) is 0 Å². The molecule has 0 saturated heterocycles. The smallest absolute Gasteiger partial charge is 0.262 e. The highest BCUT2D eigenvalue weighted by Crippen LogP contribution is 2.17. The van der Waals surface area contributed by atoms with Gasteiger partial charge in [-0.2, -0.15) is 0 Å². The van der Waals surface area contributed by atoms with Crippen LogP contribution in [0.5, 0.6) is 0 Å². The van der Waals surface area contributed by atoms with Gasteiger partial charge in [0.15, 0.2) is 0 Å². The average Bonchev–Trinajstić information content (AvgIpc) is 2.97. The number of rotatable bonds is 3. The fourth-order valence-corrected chi connectivity index (χ4v) is 3.02. The number of nitrogens with zero attached hydrogens (tertiary/aromatic N) is 4. The molecular weight excluding hydrogens is 329 g/mol. The molecule has 0 amide bonds. The first kappa shape index (κ1) is 14.7. The van der Waals surface area contributed by atoms with Crippen molar-refractivity contribution in [1.82, 2.24) is 24.1 Å². The Morgan fingerprint density at radius 2 is 2.08 bits per heavy atom. The Morgan fingerprint density at radius 3 is 2.88 bits per heavy atom. The molecule has 0 radical (unpaired) electrons. The number of aryl methyl sites for hydroxylation is 2. The standard InChI is InChI=1S/C16H12FN5OS/c17-12-6-3-5-11-13(12)22-15(19-20-16(22)24)21(14(11)23)9-7-10-4-1-2-8-18-10/h1-6,8H,7,9H2,(H,20,24). The number of halogens is 1. The summed E-state index contributed by atoms with van der Waals surface area (Å²) in [5, 5.41) is 7.00. The Hall–Kier alpha value is -2.87. The van der Waals surface area contributed by atoms with E-state index in [-0.39, 0.29) is 21.2 Å². The number of pyridine rings is 1. The number of hydrogen-bond acceptors (Lipinski definition) is 4. The van der Waals surface area contributed by atoms with Gasteiger partial charge in [-0.1, -0.05) is 12.1 Å². The zero-order chi connectivity index (χ0) is 16.7. The lowest BCUT2D eigenvalue weighted by Gasteiger charge is -2.10. The fourth-order valence-electron chi connectivity index (χ4n) is 2.80. The zero-order valence-electron chi connectivity index (χ0n) is 12.4. The average molecular weight is 341 g/mol. The number of nitrogens with one attached hydrogen (secondary N) is 1. The summed E-state index contributed by atoms with van der Waals surface area (Å²) in [7, 11) is 0. The van der Waals surface area contributed by atoms with Crippen molar-refractivity contribution in [3.05, 3.63) is 69.2 Å². The fraction of sp³-hybridized carbons (Fsp3) is 0.125. The highest BCUT2D eigenvalue weighted by molar-refractivity contribution is 7.71. The van der Waals surface area contributed by atoms with E-state index < -0.39 is 5.82 Å². The molecule has 8 heteroatoms. The normalized spacial score (nSPS) is 11.4. The van der Waals surface area contributed by atoms with Crippen LogP contribution in [0.2, 0.25) is 0 Å². The number of fused-ring (bicyclic) bond motifs is 3. The van der Waals surface area contributed by atoms with E-state index in [1.54, 1.807) is 12.3 Å². The number of benzene rings is 1. The van der Waals surface area contributed by atoms with Gasteiger partial charge < -0.3 is 0 Å². The molecule has 4 aromatic rings. The maximum atomic E-state index is 14.3. The molecule has 4 rings (SSSR count). The molecule has 0 aliphatic rings. The maximum absolute atomic E-state index is 14.3. The van der Waals surface area contributed by atoms with Crippen molar-refractivity contribution in [2.24, 2.45) is 0 Å². The van der Waals surface area contributed by atoms with Crippen molar-refractivity contribution >= 4 is 28.9 Å². The van der Waals surface area contributed by atoms with Crippen LogP contribution in [-0.2, 0) is 13.0 Å². The van der Waals surface area contributed by atoms with E-state index in [1.165, 1.54) is 21.1 Å². The van der Waals surface area contributed by atoms with Crippen LogP contribution >= 0.6 is 12.2 Å². The van der Waals surface area contributed by atoms with Crippen LogP contribution in [0.3, 0.4) is 0 Å². The van der Waals surface area contributed by atoms with Gasteiger partial charge in [0.2, 0.25) is 10.5 Å². The van der Waals surface area contributed by atoms with Crippen LogP contribution in [0.1, 0.15) is 5.69 Å². The molecule has 120 valence electrons. The van der Waals surface area contributed by atoms with Gasteiger partial charge in [0.1, 0.15) is 5.82 Å². The molecule has 0 aliphatic heterocycles. The lowest BCUT2D eigenvalue weighted by Crippen LogP contribution is -2.24. The number of para-hydroxylation sites is 1. The van der Waals surface area contributed by atoms with Crippen LogP contribution in [0.15, 0.2) is 47.4 Å². The van der Waals surface area contributed by atoms with Gasteiger partial charge in [0, 0.05) is 24.9 Å². The first-order chi connectivity index (χ1) is 11.7. The molecule has 0 aliphatic carbocycles. The second-order valence-electron chi connectivity index (χ2n) is 5.33. The molecule has 6 nitrogen and oxygen atoms in total. The minimum atomic E-state index is -0.510. The molecule has 0 saturated carbocycles. The quantitative estimate of drug-likeness (QED) is 0.581. The third kappa shape index (κ3) is 2.23. The summed E-state index contributed by atoms with van der Waals surface area (Å²) in [6.07, 6.45) is 2.25. The van der Waals surface area contributed by atoms with Crippen LogP contribution < -0.4 is 5.56 Å². The highest BCUT2D eigenvalue weighted by Gasteiger charge is 2.16.